The number of ether oxygens (including phenoxy) is 1. The van der Waals surface area contributed by atoms with Crippen LogP contribution in [0.4, 0.5) is 8.78 Å². The number of hydrogen-bond acceptors (Lipinski definition) is 2. The SMILES string of the molecule is O=C([C@H]1C[C@@H]1c1c(F)cccc1F)N1CCOc2ccccc2C1. The summed E-state index contributed by atoms with van der Waals surface area (Å²) >= 11 is 0. The van der Waals surface area contributed by atoms with Crippen molar-refractivity contribution >= 4 is 5.91 Å². The fourth-order valence-corrected chi connectivity index (χ4v) is 3.40. The second-order valence-electron chi connectivity index (χ2n) is 6.30. The minimum Gasteiger partial charge on any atom is -0.491 e. The van der Waals surface area contributed by atoms with Crippen LogP contribution in [0, 0.1) is 17.6 Å². The highest BCUT2D eigenvalue weighted by molar-refractivity contribution is 5.83. The zero-order chi connectivity index (χ0) is 16.7. The van der Waals surface area contributed by atoms with Gasteiger partial charge in [0.2, 0.25) is 5.91 Å². The zero-order valence-corrected chi connectivity index (χ0v) is 13.0. The van der Waals surface area contributed by atoms with Crippen molar-refractivity contribution in [3.8, 4) is 5.75 Å². The third kappa shape index (κ3) is 2.64. The standard InChI is InChI=1S/C19H17F2NO2/c20-15-5-3-6-16(21)18(15)13-10-14(13)19(23)22-8-9-24-17-7-2-1-4-12(17)11-22/h1-7,13-14H,8-11H2/t13-,14-/m0/s1. The molecule has 0 N–H and O–H groups in total. The first-order chi connectivity index (χ1) is 11.6. The van der Waals surface area contributed by atoms with E-state index in [1.54, 1.807) is 4.90 Å². The Bertz CT molecular complexity index is 772. The number of fused-ring (bicyclic) bond motifs is 1. The summed E-state index contributed by atoms with van der Waals surface area (Å²) in [6, 6.07) is 11.5. The molecule has 0 aromatic heterocycles. The van der Waals surface area contributed by atoms with Gasteiger partial charge in [-0.2, -0.15) is 0 Å². The Morgan fingerprint density at radius 3 is 2.62 bits per heavy atom. The monoisotopic (exact) mass is 329 g/mol. The largest absolute Gasteiger partial charge is 0.491 e. The molecule has 1 heterocycles. The molecule has 0 bridgehead atoms. The van der Waals surface area contributed by atoms with Crippen LogP contribution >= 0.6 is 0 Å². The van der Waals surface area contributed by atoms with Gasteiger partial charge in [0.25, 0.3) is 0 Å². The van der Waals surface area contributed by atoms with E-state index in [0.717, 1.165) is 11.3 Å². The highest BCUT2D eigenvalue weighted by Gasteiger charge is 2.48. The number of carbonyl (C=O) groups excluding carboxylic acids is 1. The smallest absolute Gasteiger partial charge is 0.226 e. The van der Waals surface area contributed by atoms with Crippen LogP contribution in [-0.2, 0) is 11.3 Å². The van der Waals surface area contributed by atoms with Crippen molar-refractivity contribution in [1.82, 2.24) is 4.90 Å². The van der Waals surface area contributed by atoms with Crippen molar-refractivity contribution in [2.45, 2.75) is 18.9 Å². The minimum absolute atomic E-state index is 0.0438. The fraction of sp³-hybridized carbons (Fsp3) is 0.316. The lowest BCUT2D eigenvalue weighted by atomic mass is 10.1. The molecular formula is C19H17F2NO2. The molecule has 5 heteroatoms. The Kier molecular flexibility index (Phi) is 3.71. The van der Waals surface area contributed by atoms with Crippen molar-refractivity contribution in [1.29, 1.82) is 0 Å². The molecule has 0 spiro atoms. The molecule has 2 aliphatic rings. The topological polar surface area (TPSA) is 29.5 Å². The minimum atomic E-state index is -0.570. The van der Waals surface area contributed by atoms with Gasteiger partial charge in [0.05, 0.1) is 6.54 Å². The van der Waals surface area contributed by atoms with E-state index in [1.165, 1.54) is 18.2 Å². The number of rotatable bonds is 2. The van der Waals surface area contributed by atoms with Crippen LogP contribution in [-0.4, -0.2) is 24.0 Å². The second kappa shape index (κ2) is 5.89. The van der Waals surface area contributed by atoms with E-state index in [9.17, 15) is 13.6 Å². The summed E-state index contributed by atoms with van der Waals surface area (Å²) in [6.45, 7) is 1.38. The molecule has 0 unspecified atom stereocenters. The van der Waals surface area contributed by atoms with Crippen molar-refractivity contribution in [3.05, 3.63) is 65.2 Å². The van der Waals surface area contributed by atoms with Crippen LogP contribution in [0.25, 0.3) is 0 Å². The van der Waals surface area contributed by atoms with Crippen LogP contribution in [0.2, 0.25) is 0 Å². The molecule has 1 saturated carbocycles. The highest BCUT2D eigenvalue weighted by Crippen LogP contribution is 2.50. The Labute approximate surface area is 138 Å². The van der Waals surface area contributed by atoms with Crippen LogP contribution in [0.5, 0.6) is 5.75 Å². The molecule has 0 radical (unpaired) electrons. The van der Waals surface area contributed by atoms with E-state index < -0.39 is 11.6 Å². The number of halogens is 2. The number of para-hydroxylation sites is 1. The first kappa shape index (κ1) is 15.1. The van der Waals surface area contributed by atoms with Gasteiger partial charge < -0.3 is 9.64 Å². The van der Waals surface area contributed by atoms with Gasteiger partial charge in [-0.15, -0.1) is 0 Å². The van der Waals surface area contributed by atoms with Gasteiger partial charge in [-0.3, -0.25) is 4.79 Å². The van der Waals surface area contributed by atoms with Crippen LogP contribution < -0.4 is 4.74 Å². The summed E-state index contributed by atoms with van der Waals surface area (Å²) in [5, 5.41) is 0. The summed E-state index contributed by atoms with van der Waals surface area (Å²) in [7, 11) is 0. The fourth-order valence-electron chi connectivity index (χ4n) is 3.40. The lowest BCUT2D eigenvalue weighted by molar-refractivity contribution is -0.133. The number of amides is 1. The molecule has 1 aliphatic heterocycles. The molecule has 1 fully saturated rings. The average Bonchev–Trinajstić information content (AvgIpc) is 3.36. The van der Waals surface area contributed by atoms with E-state index in [2.05, 4.69) is 0 Å². The number of carbonyl (C=O) groups is 1. The third-order valence-corrected chi connectivity index (χ3v) is 4.74. The van der Waals surface area contributed by atoms with Gasteiger partial charge in [0, 0.05) is 29.5 Å². The molecule has 24 heavy (non-hydrogen) atoms. The Morgan fingerprint density at radius 2 is 1.83 bits per heavy atom. The lowest BCUT2D eigenvalue weighted by Crippen LogP contribution is -2.34. The molecule has 1 amide bonds. The predicted molar refractivity (Wildman–Crippen MR) is 84.6 cm³/mol. The van der Waals surface area contributed by atoms with Crippen LogP contribution in [0.1, 0.15) is 23.5 Å². The van der Waals surface area contributed by atoms with E-state index in [-0.39, 0.29) is 23.3 Å². The first-order valence-electron chi connectivity index (χ1n) is 8.08. The van der Waals surface area contributed by atoms with Crippen LogP contribution in [0.15, 0.2) is 42.5 Å². The number of hydrogen-bond donors (Lipinski definition) is 0. The van der Waals surface area contributed by atoms with Crippen LogP contribution in [0.3, 0.4) is 0 Å². The molecule has 4 rings (SSSR count). The lowest BCUT2D eigenvalue weighted by Gasteiger charge is -2.20. The zero-order valence-electron chi connectivity index (χ0n) is 13.0. The van der Waals surface area contributed by atoms with Crippen molar-refractivity contribution in [3.63, 3.8) is 0 Å². The summed E-state index contributed by atoms with van der Waals surface area (Å²) in [4.78, 5) is 14.5. The average molecular weight is 329 g/mol. The third-order valence-electron chi connectivity index (χ3n) is 4.74. The van der Waals surface area contributed by atoms with E-state index in [4.69, 9.17) is 4.74 Å². The van der Waals surface area contributed by atoms with Gasteiger partial charge in [-0.25, -0.2) is 8.78 Å². The van der Waals surface area contributed by atoms with Gasteiger partial charge in [0.15, 0.2) is 0 Å². The molecule has 2 aromatic carbocycles. The van der Waals surface area contributed by atoms with Crippen molar-refractivity contribution in [2.75, 3.05) is 13.2 Å². The summed E-state index contributed by atoms with van der Waals surface area (Å²) < 4.78 is 33.5. The molecule has 2 aromatic rings. The molecule has 3 nitrogen and oxygen atoms in total. The van der Waals surface area contributed by atoms with E-state index in [1.807, 2.05) is 24.3 Å². The summed E-state index contributed by atoms with van der Waals surface area (Å²) in [6.07, 6.45) is 0.496. The molecular weight excluding hydrogens is 312 g/mol. The maximum atomic E-state index is 13.9. The van der Waals surface area contributed by atoms with Gasteiger partial charge in [0.1, 0.15) is 24.0 Å². The maximum absolute atomic E-state index is 13.9. The molecule has 1 aliphatic carbocycles. The van der Waals surface area contributed by atoms with Gasteiger partial charge in [-0.1, -0.05) is 24.3 Å². The van der Waals surface area contributed by atoms with Crippen molar-refractivity contribution in [2.24, 2.45) is 5.92 Å². The Morgan fingerprint density at radius 1 is 1.08 bits per heavy atom. The quantitative estimate of drug-likeness (QED) is 0.844. The summed E-state index contributed by atoms with van der Waals surface area (Å²) in [5.74, 6) is -1.11. The normalized spacial score (nSPS) is 22.3. The Balaban J connectivity index is 1.52. The second-order valence-corrected chi connectivity index (χ2v) is 6.30. The van der Waals surface area contributed by atoms with Crippen molar-refractivity contribution < 1.29 is 18.3 Å². The number of benzene rings is 2. The predicted octanol–water partition coefficient (Wildman–Crippen LogP) is 3.49. The molecule has 2 atom stereocenters. The Hall–Kier alpha value is -2.43. The van der Waals surface area contributed by atoms with Gasteiger partial charge >= 0.3 is 0 Å². The summed E-state index contributed by atoms with van der Waals surface area (Å²) in [5.41, 5.74) is 1.000. The molecule has 124 valence electrons. The first-order valence-corrected chi connectivity index (χ1v) is 8.08. The van der Waals surface area contributed by atoms with Gasteiger partial charge in [-0.05, 0) is 24.6 Å². The highest BCUT2D eigenvalue weighted by atomic mass is 19.1. The number of nitrogens with zero attached hydrogens (tertiary/aromatic N) is 1. The van der Waals surface area contributed by atoms with E-state index >= 15 is 0 Å². The maximum Gasteiger partial charge on any atom is 0.226 e. The molecule has 0 saturated heterocycles. The van der Waals surface area contributed by atoms with E-state index in [0.29, 0.717) is 26.1 Å².